The summed E-state index contributed by atoms with van der Waals surface area (Å²) in [5.74, 6) is 1.33. The van der Waals surface area contributed by atoms with Crippen molar-refractivity contribution in [2.45, 2.75) is 6.61 Å². The van der Waals surface area contributed by atoms with Gasteiger partial charge in [0.05, 0.1) is 11.6 Å². The number of hydrogen-bond donors (Lipinski definition) is 0. The average molecular weight is 211 g/mol. The molecule has 1 heterocycles. The Labute approximate surface area is 93.2 Å². The summed E-state index contributed by atoms with van der Waals surface area (Å²) >= 11 is 0. The lowest BCUT2D eigenvalue weighted by Gasteiger charge is -2.04. The zero-order valence-electron chi connectivity index (χ0n) is 8.50. The molecule has 0 unspecified atom stereocenters. The second-order valence-corrected chi connectivity index (χ2v) is 3.09. The number of hydrogen-bond acceptors (Lipinski definition) is 4. The van der Waals surface area contributed by atoms with E-state index in [0.29, 0.717) is 23.7 Å². The Morgan fingerprint density at radius 3 is 2.44 bits per heavy atom. The van der Waals surface area contributed by atoms with E-state index in [1.807, 2.05) is 6.07 Å². The number of aromatic nitrogens is 2. The van der Waals surface area contributed by atoms with Gasteiger partial charge in [0, 0.05) is 12.4 Å². The van der Waals surface area contributed by atoms with Crippen LogP contribution in [0.4, 0.5) is 0 Å². The standard InChI is InChI=1S/C12H9N3O/c13-8-10-2-4-11(5-3-10)16-9-12-14-6-1-7-15-12/h1-7H,9H2. The van der Waals surface area contributed by atoms with Gasteiger partial charge in [0.2, 0.25) is 0 Å². The molecular weight excluding hydrogens is 202 g/mol. The lowest BCUT2D eigenvalue weighted by Crippen LogP contribution is -2.00. The van der Waals surface area contributed by atoms with Gasteiger partial charge in [-0.15, -0.1) is 0 Å². The van der Waals surface area contributed by atoms with Crippen LogP contribution in [0.25, 0.3) is 0 Å². The summed E-state index contributed by atoms with van der Waals surface area (Å²) in [5.41, 5.74) is 0.614. The van der Waals surface area contributed by atoms with E-state index >= 15 is 0 Å². The monoisotopic (exact) mass is 211 g/mol. The van der Waals surface area contributed by atoms with Crippen molar-refractivity contribution in [3.63, 3.8) is 0 Å². The van der Waals surface area contributed by atoms with Crippen molar-refractivity contribution in [2.75, 3.05) is 0 Å². The largest absolute Gasteiger partial charge is 0.486 e. The van der Waals surface area contributed by atoms with Gasteiger partial charge in [0.15, 0.2) is 5.82 Å². The molecule has 4 heteroatoms. The van der Waals surface area contributed by atoms with Crippen molar-refractivity contribution >= 4 is 0 Å². The Morgan fingerprint density at radius 1 is 1.12 bits per heavy atom. The second-order valence-electron chi connectivity index (χ2n) is 3.09. The maximum absolute atomic E-state index is 8.63. The number of ether oxygens (including phenoxy) is 1. The first-order valence-electron chi connectivity index (χ1n) is 4.77. The smallest absolute Gasteiger partial charge is 0.166 e. The minimum Gasteiger partial charge on any atom is -0.486 e. The molecule has 0 radical (unpaired) electrons. The van der Waals surface area contributed by atoms with Crippen LogP contribution < -0.4 is 4.74 Å². The lowest BCUT2D eigenvalue weighted by atomic mass is 10.2. The third kappa shape index (κ3) is 2.55. The maximum atomic E-state index is 8.63. The predicted octanol–water partition coefficient (Wildman–Crippen LogP) is 1.93. The van der Waals surface area contributed by atoms with Crippen LogP contribution in [0.5, 0.6) is 5.75 Å². The normalized spacial score (nSPS) is 9.44. The summed E-state index contributed by atoms with van der Waals surface area (Å²) in [7, 11) is 0. The van der Waals surface area contributed by atoms with Crippen molar-refractivity contribution < 1.29 is 4.74 Å². The zero-order chi connectivity index (χ0) is 11.2. The number of rotatable bonds is 3. The second kappa shape index (κ2) is 4.89. The molecule has 0 spiro atoms. The van der Waals surface area contributed by atoms with Crippen LogP contribution >= 0.6 is 0 Å². The molecular formula is C12H9N3O. The first-order valence-corrected chi connectivity index (χ1v) is 4.77. The highest BCUT2D eigenvalue weighted by atomic mass is 16.5. The molecule has 1 aromatic carbocycles. The van der Waals surface area contributed by atoms with E-state index < -0.39 is 0 Å². The summed E-state index contributed by atoms with van der Waals surface area (Å²) in [6.45, 7) is 0.326. The molecule has 0 N–H and O–H groups in total. The molecule has 0 fully saturated rings. The molecule has 2 rings (SSSR count). The molecule has 0 aliphatic rings. The first-order chi connectivity index (χ1) is 7.88. The summed E-state index contributed by atoms with van der Waals surface area (Å²) in [6.07, 6.45) is 3.34. The lowest BCUT2D eigenvalue weighted by molar-refractivity contribution is 0.296. The topological polar surface area (TPSA) is 58.8 Å². The van der Waals surface area contributed by atoms with Crippen LogP contribution in [0.15, 0.2) is 42.7 Å². The van der Waals surface area contributed by atoms with Gasteiger partial charge in [-0.2, -0.15) is 5.26 Å². The van der Waals surface area contributed by atoms with Gasteiger partial charge in [0.1, 0.15) is 12.4 Å². The van der Waals surface area contributed by atoms with Gasteiger partial charge >= 0.3 is 0 Å². The van der Waals surface area contributed by atoms with E-state index in [0.717, 1.165) is 0 Å². The summed E-state index contributed by atoms with van der Waals surface area (Å²) in [6, 6.07) is 10.7. The van der Waals surface area contributed by atoms with Gasteiger partial charge in [0.25, 0.3) is 0 Å². The van der Waals surface area contributed by atoms with Gasteiger partial charge in [-0.3, -0.25) is 0 Å². The fourth-order valence-electron chi connectivity index (χ4n) is 1.18. The SMILES string of the molecule is N#Cc1ccc(OCc2ncccn2)cc1. The van der Waals surface area contributed by atoms with E-state index in [1.165, 1.54) is 0 Å². The Kier molecular flexibility index (Phi) is 3.10. The molecule has 0 saturated heterocycles. The van der Waals surface area contributed by atoms with Gasteiger partial charge in [-0.1, -0.05) is 0 Å². The van der Waals surface area contributed by atoms with E-state index in [4.69, 9.17) is 10.00 Å². The molecule has 1 aromatic heterocycles. The first kappa shape index (κ1) is 10.1. The summed E-state index contributed by atoms with van der Waals surface area (Å²) < 4.78 is 5.46. The Morgan fingerprint density at radius 2 is 1.81 bits per heavy atom. The molecule has 78 valence electrons. The molecule has 0 amide bonds. The predicted molar refractivity (Wildman–Crippen MR) is 57.5 cm³/mol. The highest BCUT2D eigenvalue weighted by Gasteiger charge is 1.97. The zero-order valence-corrected chi connectivity index (χ0v) is 8.50. The Bertz CT molecular complexity index is 488. The fraction of sp³-hybridized carbons (Fsp3) is 0.0833. The third-order valence-corrected chi connectivity index (χ3v) is 1.97. The third-order valence-electron chi connectivity index (χ3n) is 1.97. The van der Waals surface area contributed by atoms with Gasteiger partial charge < -0.3 is 4.74 Å². The summed E-state index contributed by atoms with van der Waals surface area (Å²) in [5, 5.41) is 8.63. The molecule has 0 aliphatic heterocycles. The quantitative estimate of drug-likeness (QED) is 0.778. The van der Waals surface area contributed by atoms with Crippen LogP contribution in [0, 0.1) is 11.3 Å². The molecule has 0 bridgehead atoms. The van der Waals surface area contributed by atoms with E-state index in [2.05, 4.69) is 9.97 Å². The fourth-order valence-corrected chi connectivity index (χ4v) is 1.18. The molecule has 0 saturated carbocycles. The van der Waals surface area contributed by atoms with Crippen LogP contribution in [-0.2, 0) is 6.61 Å². The molecule has 0 aliphatic carbocycles. The highest BCUT2D eigenvalue weighted by molar-refractivity contribution is 5.34. The minimum atomic E-state index is 0.326. The van der Waals surface area contributed by atoms with Crippen LogP contribution in [0.1, 0.15) is 11.4 Å². The number of benzene rings is 1. The van der Waals surface area contributed by atoms with Crippen molar-refractivity contribution in [1.29, 1.82) is 5.26 Å². The van der Waals surface area contributed by atoms with Crippen LogP contribution in [0.2, 0.25) is 0 Å². The molecule has 4 nitrogen and oxygen atoms in total. The Hall–Kier alpha value is -2.41. The van der Waals surface area contributed by atoms with E-state index in [9.17, 15) is 0 Å². The van der Waals surface area contributed by atoms with E-state index in [-0.39, 0.29) is 0 Å². The van der Waals surface area contributed by atoms with Crippen molar-refractivity contribution in [2.24, 2.45) is 0 Å². The van der Waals surface area contributed by atoms with Gasteiger partial charge in [-0.05, 0) is 30.3 Å². The van der Waals surface area contributed by atoms with Crippen molar-refractivity contribution in [1.82, 2.24) is 9.97 Å². The maximum Gasteiger partial charge on any atom is 0.166 e. The van der Waals surface area contributed by atoms with E-state index in [1.54, 1.807) is 42.7 Å². The molecule has 0 atom stereocenters. The number of nitrogens with zero attached hydrogens (tertiary/aromatic N) is 3. The molecule has 16 heavy (non-hydrogen) atoms. The summed E-state index contributed by atoms with van der Waals surface area (Å²) in [4.78, 5) is 8.08. The van der Waals surface area contributed by atoms with Crippen molar-refractivity contribution in [3.8, 4) is 11.8 Å². The highest BCUT2D eigenvalue weighted by Crippen LogP contribution is 2.12. The molecule has 2 aromatic rings. The average Bonchev–Trinajstić information content (AvgIpc) is 2.38. The minimum absolute atomic E-state index is 0.326. The number of nitriles is 1. The van der Waals surface area contributed by atoms with Crippen LogP contribution in [-0.4, -0.2) is 9.97 Å². The van der Waals surface area contributed by atoms with Gasteiger partial charge in [-0.25, -0.2) is 9.97 Å². The van der Waals surface area contributed by atoms with Crippen molar-refractivity contribution in [3.05, 3.63) is 54.1 Å². The Balaban J connectivity index is 1.98. The van der Waals surface area contributed by atoms with Crippen LogP contribution in [0.3, 0.4) is 0 Å².